The van der Waals surface area contributed by atoms with Crippen LogP contribution < -0.4 is 5.32 Å². The van der Waals surface area contributed by atoms with Crippen molar-refractivity contribution in [1.29, 1.82) is 0 Å². The van der Waals surface area contributed by atoms with Crippen LogP contribution in [-0.2, 0) is 11.2 Å². The lowest BCUT2D eigenvalue weighted by Gasteiger charge is -2.09. The lowest BCUT2D eigenvalue weighted by atomic mass is 10.1. The van der Waals surface area contributed by atoms with Crippen molar-refractivity contribution in [1.82, 2.24) is 4.98 Å². The van der Waals surface area contributed by atoms with E-state index >= 15 is 0 Å². The van der Waals surface area contributed by atoms with E-state index in [1.165, 1.54) is 18.2 Å². The number of amides is 1. The summed E-state index contributed by atoms with van der Waals surface area (Å²) >= 11 is 6.11. The quantitative estimate of drug-likeness (QED) is 0.690. The molecule has 0 aliphatic heterocycles. The Morgan fingerprint density at radius 2 is 2.00 bits per heavy atom. The van der Waals surface area contributed by atoms with Crippen LogP contribution in [0.4, 0.5) is 18.9 Å². The van der Waals surface area contributed by atoms with Gasteiger partial charge in [-0.2, -0.15) is 13.2 Å². The Labute approximate surface area is 145 Å². The van der Waals surface area contributed by atoms with Crippen LogP contribution in [0.5, 0.6) is 0 Å². The summed E-state index contributed by atoms with van der Waals surface area (Å²) in [5.41, 5.74) is 2.46. The molecule has 0 saturated carbocycles. The molecular formula is C17H12ClF3N2O2. The number of carbonyl (C=O) groups excluding carboxylic acids is 1. The van der Waals surface area contributed by atoms with Crippen molar-refractivity contribution >= 4 is 34.3 Å². The van der Waals surface area contributed by atoms with E-state index in [1.54, 1.807) is 11.4 Å². The molecule has 0 bridgehead atoms. The molecule has 0 saturated heterocycles. The minimum absolute atomic E-state index is 0.0572. The maximum Gasteiger partial charge on any atom is 0.471 e. The van der Waals surface area contributed by atoms with Crippen LogP contribution in [0.3, 0.4) is 0 Å². The summed E-state index contributed by atoms with van der Waals surface area (Å²) in [7, 11) is 0. The zero-order chi connectivity index (χ0) is 18.2. The molecule has 3 rings (SSSR count). The van der Waals surface area contributed by atoms with Crippen LogP contribution in [0.25, 0.3) is 22.6 Å². The number of carbonyl (C=O) groups is 1. The molecule has 8 heteroatoms. The van der Waals surface area contributed by atoms with Crippen molar-refractivity contribution in [2.45, 2.75) is 19.5 Å². The molecule has 25 heavy (non-hydrogen) atoms. The number of nitrogens with zero attached hydrogens (tertiary/aromatic N) is 1. The van der Waals surface area contributed by atoms with Gasteiger partial charge in [0.2, 0.25) is 5.89 Å². The van der Waals surface area contributed by atoms with E-state index in [0.717, 1.165) is 12.0 Å². The number of benzene rings is 2. The number of aromatic nitrogens is 1. The number of anilines is 1. The largest absolute Gasteiger partial charge is 0.471 e. The molecule has 1 amide bonds. The molecule has 0 spiro atoms. The number of oxazole rings is 1. The van der Waals surface area contributed by atoms with Crippen LogP contribution >= 0.6 is 11.6 Å². The van der Waals surface area contributed by atoms with Gasteiger partial charge in [0.1, 0.15) is 5.52 Å². The lowest BCUT2D eigenvalue weighted by Crippen LogP contribution is -2.29. The second-order valence-electron chi connectivity index (χ2n) is 5.32. The highest BCUT2D eigenvalue weighted by molar-refractivity contribution is 6.33. The average molecular weight is 369 g/mol. The minimum Gasteiger partial charge on any atom is -0.436 e. The number of fused-ring (bicyclic) bond motifs is 1. The first-order valence-corrected chi connectivity index (χ1v) is 7.73. The highest BCUT2D eigenvalue weighted by atomic mass is 35.5. The fraction of sp³-hybridized carbons (Fsp3) is 0.176. The van der Waals surface area contributed by atoms with Crippen molar-refractivity contribution in [3.05, 3.63) is 47.0 Å². The number of rotatable bonds is 3. The SMILES string of the molecule is CCc1ccc2oc(-c3cc(NC(=O)C(F)(F)F)ccc3Cl)nc2c1. The smallest absolute Gasteiger partial charge is 0.436 e. The highest BCUT2D eigenvalue weighted by Crippen LogP contribution is 2.33. The number of aryl methyl sites for hydroxylation is 1. The van der Waals surface area contributed by atoms with Gasteiger partial charge in [0.05, 0.1) is 10.6 Å². The number of nitrogens with one attached hydrogen (secondary N) is 1. The van der Waals surface area contributed by atoms with Crippen LogP contribution in [0.1, 0.15) is 12.5 Å². The van der Waals surface area contributed by atoms with E-state index in [-0.39, 0.29) is 22.2 Å². The predicted molar refractivity (Wildman–Crippen MR) is 88.5 cm³/mol. The second kappa shape index (κ2) is 6.40. The van der Waals surface area contributed by atoms with Gasteiger partial charge >= 0.3 is 12.1 Å². The summed E-state index contributed by atoms with van der Waals surface area (Å²) < 4.78 is 42.8. The zero-order valence-corrected chi connectivity index (χ0v) is 13.7. The van der Waals surface area contributed by atoms with Gasteiger partial charge in [-0.15, -0.1) is 0 Å². The van der Waals surface area contributed by atoms with E-state index in [9.17, 15) is 18.0 Å². The van der Waals surface area contributed by atoms with Crippen molar-refractivity contribution < 1.29 is 22.4 Å². The Morgan fingerprint density at radius 3 is 2.68 bits per heavy atom. The monoisotopic (exact) mass is 368 g/mol. The minimum atomic E-state index is -4.98. The molecule has 0 fully saturated rings. The predicted octanol–water partition coefficient (Wildman–Crippen LogP) is 5.21. The first-order chi connectivity index (χ1) is 11.8. The molecule has 4 nitrogen and oxygen atoms in total. The third-order valence-corrected chi connectivity index (χ3v) is 3.90. The summed E-state index contributed by atoms with van der Waals surface area (Å²) in [6, 6.07) is 9.47. The van der Waals surface area contributed by atoms with Crippen LogP contribution in [-0.4, -0.2) is 17.1 Å². The normalized spacial score (nSPS) is 11.7. The van der Waals surface area contributed by atoms with Gasteiger partial charge in [-0.05, 0) is 42.3 Å². The molecule has 0 aliphatic rings. The van der Waals surface area contributed by atoms with E-state index in [1.807, 2.05) is 19.1 Å². The number of hydrogen-bond acceptors (Lipinski definition) is 3. The molecule has 2 aromatic carbocycles. The fourth-order valence-corrected chi connectivity index (χ4v) is 2.48. The van der Waals surface area contributed by atoms with Gasteiger partial charge in [-0.3, -0.25) is 4.79 Å². The van der Waals surface area contributed by atoms with Crippen molar-refractivity contribution in [3.8, 4) is 11.5 Å². The zero-order valence-electron chi connectivity index (χ0n) is 12.9. The van der Waals surface area contributed by atoms with Gasteiger partial charge in [0.25, 0.3) is 0 Å². The first-order valence-electron chi connectivity index (χ1n) is 7.35. The summed E-state index contributed by atoms with van der Waals surface area (Å²) in [5.74, 6) is -1.90. The van der Waals surface area contributed by atoms with Crippen molar-refractivity contribution in [2.24, 2.45) is 0 Å². The molecule has 0 unspecified atom stereocenters. The summed E-state index contributed by atoms with van der Waals surface area (Å²) in [6.07, 6.45) is -4.15. The molecule has 130 valence electrons. The summed E-state index contributed by atoms with van der Waals surface area (Å²) in [6.45, 7) is 2.01. The Bertz CT molecular complexity index is 951. The average Bonchev–Trinajstić information content (AvgIpc) is 2.98. The molecule has 1 N–H and O–H groups in total. The standard InChI is InChI=1S/C17H12ClF3N2O2/c1-2-9-3-6-14-13(7-9)23-15(25-14)11-8-10(4-5-12(11)18)22-16(24)17(19,20)21/h3-8H,2H2,1H3,(H,22,24). The molecule has 1 aromatic heterocycles. The maximum atomic E-state index is 12.4. The van der Waals surface area contributed by atoms with E-state index < -0.39 is 12.1 Å². The van der Waals surface area contributed by atoms with Gasteiger partial charge < -0.3 is 9.73 Å². The van der Waals surface area contributed by atoms with E-state index in [0.29, 0.717) is 11.1 Å². The van der Waals surface area contributed by atoms with Crippen molar-refractivity contribution in [3.63, 3.8) is 0 Å². The Balaban J connectivity index is 1.99. The maximum absolute atomic E-state index is 12.4. The molecule has 1 heterocycles. The Hall–Kier alpha value is -2.54. The van der Waals surface area contributed by atoms with Crippen LogP contribution in [0, 0.1) is 0 Å². The van der Waals surface area contributed by atoms with Crippen LogP contribution in [0.2, 0.25) is 5.02 Å². The van der Waals surface area contributed by atoms with Gasteiger partial charge in [0, 0.05) is 5.69 Å². The Kier molecular flexibility index (Phi) is 4.43. The first kappa shape index (κ1) is 17.3. The third-order valence-electron chi connectivity index (χ3n) is 3.57. The third kappa shape index (κ3) is 3.61. The number of halogens is 4. The highest BCUT2D eigenvalue weighted by Gasteiger charge is 2.38. The molecule has 3 aromatic rings. The number of hydrogen-bond donors (Lipinski definition) is 1. The lowest BCUT2D eigenvalue weighted by molar-refractivity contribution is -0.167. The van der Waals surface area contributed by atoms with Gasteiger partial charge in [-0.25, -0.2) is 4.98 Å². The van der Waals surface area contributed by atoms with Gasteiger partial charge in [0.15, 0.2) is 5.58 Å². The topological polar surface area (TPSA) is 55.1 Å². The van der Waals surface area contributed by atoms with Crippen molar-refractivity contribution in [2.75, 3.05) is 5.32 Å². The molecule has 0 atom stereocenters. The summed E-state index contributed by atoms with van der Waals surface area (Å²) in [4.78, 5) is 15.4. The Morgan fingerprint density at radius 1 is 1.24 bits per heavy atom. The summed E-state index contributed by atoms with van der Waals surface area (Å²) in [5, 5.41) is 2.02. The fourth-order valence-electron chi connectivity index (χ4n) is 2.28. The van der Waals surface area contributed by atoms with Crippen LogP contribution in [0.15, 0.2) is 40.8 Å². The second-order valence-corrected chi connectivity index (χ2v) is 5.73. The molecular weight excluding hydrogens is 357 g/mol. The number of alkyl halides is 3. The van der Waals surface area contributed by atoms with E-state index in [2.05, 4.69) is 4.98 Å². The van der Waals surface area contributed by atoms with Gasteiger partial charge in [-0.1, -0.05) is 24.6 Å². The molecule has 0 aliphatic carbocycles. The molecule has 0 radical (unpaired) electrons. The van der Waals surface area contributed by atoms with E-state index in [4.69, 9.17) is 16.0 Å².